The van der Waals surface area contributed by atoms with Crippen molar-refractivity contribution in [3.05, 3.63) is 58.5 Å². The first-order valence-corrected chi connectivity index (χ1v) is 8.69. The van der Waals surface area contributed by atoms with Crippen LogP contribution >= 0.6 is 0 Å². The third-order valence-electron chi connectivity index (χ3n) is 4.48. The van der Waals surface area contributed by atoms with Crippen molar-refractivity contribution in [3.63, 3.8) is 0 Å². The molecule has 1 aromatic heterocycles. The Morgan fingerprint density at radius 1 is 1.12 bits per heavy atom. The molecule has 1 atom stereocenters. The van der Waals surface area contributed by atoms with Gasteiger partial charge >= 0.3 is 0 Å². The van der Waals surface area contributed by atoms with Crippen molar-refractivity contribution < 1.29 is 18.8 Å². The van der Waals surface area contributed by atoms with E-state index in [1.807, 2.05) is 39.0 Å². The van der Waals surface area contributed by atoms with Crippen LogP contribution in [0.4, 0.5) is 0 Å². The number of carbonyl (C=O) groups is 3. The van der Waals surface area contributed by atoms with Gasteiger partial charge in [0.15, 0.2) is 0 Å². The number of carbonyl (C=O) groups excluding carboxylic acids is 3. The van der Waals surface area contributed by atoms with Crippen LogP contribution in [0.5, 0.6) is 0 Å². The Morgan fingerprint density at radius 3 is 2.54 bits per heavy atom. The number of rotatable bonds is 6. The highest BCUT2D eigenvalue weighted by atomic mass is 16.3. The van der Waals surface area contributed by atoms with Gasteiger partial charge in [-0.05, 0) is 51.5 Å². The highest BCUT2D eigenvalue weighted by Gasteiger charge is 2.34. The Morgan fingerprint density at radius 2 is 1.85 bits per heavy atom. The zero-order valence-corrected chi connectivity index (χ0v) is 15.2. The third-order valence-corrected chi connectivity index (χ3v) is 4.48. The van der Waals surface area contributed by atoms with Crippen LogP contribution in [-0.4, -0.2) is 29.2 Å². The molecule has 0 spiro atoms. The van der Waals surface area contributed by atoms with E-state index in [1.165, 1.54) is 4.90 Å². The van der Waals surface area contributed by atoms with Crippen molar-refractivity contribution in [1.29, 1.82) is 0 Å². The number of nitrogens with zero attached hydrogens (tertiary/aromatic N) is 1. The zero-order valence-electron chi connectivity index (χ0n) is 15.2. The maximum atomic E-state index is 12.4. The van der Waals surface area contributed by atoms with Crippen LogP contribution < -0.4 is 5.32 Å². The van der Waals surface area contributed by atoms with Crippen LogP contribution in [0, 0.1) is 13.8 Å². The first-order valence-electron chi connectivity index (χ1n) is 8.69. The molecule has 0 saturated carbocycles. The topological polar surface area (TPSA) is 79.6 Å². The standard InChI is InChI=1S/C20H22N2O4/c1-12-6-8-15-16(11-12)20(25)22(19(15)24)10-4-5-18(23)21-14(3)17-9-7-13(2)26-17/h6-9,11,14H,4-5,10H2,1-3H3,(H,21,23). The Kier molecular flexibility index (Phi) is 4.93. The third kappa shape index (κ3) is 3.54. The molecule has 0 saturated heterocycles. The number of furan rings is 1. The molecule has 136 valence electrons. The van der Waals surface area contributed by atoms with Gasteiger partial charge in [0.05, 0.1) is 17.2 Å². The summed E-state index contributed by atoms with van der Waals surface area (Å²) in [5.41, 5.74) is 1.82. The molecule has 3 rings (SSSR count). The van der Waals surface area contributed by atoms with Gasteiger partial charge in [0.25, 0.3) is 11.8 Å². The SMILES string of the molecule is Cc1ccc2c(c1)C(=O)N(CCCC(=O)NC(C)c1ccc(C)o1)C2=O. The van der Waals surface area contributed by atoms with Crippen molar-refractivity contribution in [3.8, 4) is 0 Å². The van der Waals surface area contributed by atoms with Gasteiger partial charge in [-0.3, -0.25) is 19.3 Å². The van der Waals surface area contributed by atoms with E-state index >= 15 is 0 Å². The number of aryl methyl sites for hydroxylation is 2. The molecule has 6 nitrogen and oxygen atoms in total. The predicted molar refractivity (Wildman–Crippen MR) is 95.8 cm³/mol. The first kappa shape index (κ1) is 17.9. The van der Waals surface area contributed by atoms with Gasteiger partial charge < -0.3 is 9.73 Å². The number of benzene rings is 1. The van der Waals surface area contributed by atoms with Gasteiger partial charge in [0, 0.05) is 13.0 Å². The summed E-state index contributed by atoms with van der Waals surface area (Å²) in [7, 11) is 0. The van der Waals surface area contributed by atoms with Crippen molar-refractivity contribution in [1.82, 2.24) is 10.2 Å². The number of fused-ring (bicyclic) bond motifs is 1. The van der Waals surface area contributed by atoms with Crippen molar-refractivity contribution in [2.24, 2.45) is 0 Å². The molecule has 0 aliphatic carbocycles. The minimum Gasteiger partial charge on any atom is -0.464 e. The lowest BCUT2D eigenvalue weighted by Gasteiger charge is -2.15. The quantitative estimate of drug-likeness (QED) is 0.808. The Labute approximate surface area is 152 Å². The average molecular weight is 354 g/mol. The van der Waals surface area contributed by atoms with E-state index in [4.69, 9.17) is 4.42 Å². The number of hydrogen-bond donors (Lipinski definition) is 1. The number of hydrogen-bond acceptors (Lipinski definition) is 4. The Balaban J connectivity index is 1.51. The molecule has 1 aliphatic rings. The molecule has 1 aromatic carbocycles. The lowest BCUT2D eigenvalue weighted by atomic mass is 10.1. The summed E-state index contributed by atoms with van der Waals surface area (Å²) < 4.78 is 5.49. The van der Waals surface area contributed by atoms with Crippen LogP contribution in [0.3, 0.4) is 0 Å². The van der Waals surface area contributed by atoms with E-state index in [9.17, 15) is 14.4 Å². The van der Waals surface area contributed by atoms with E-state index in [1.54, 1.807) is 12.1 Å². The highest BCUT2D eigenvalue weighted by molar-refractivity contribution is 6.21. The fraction of sp³-hybridized carbons (Fsp3) is 0.350. The van der Waals surface area contributed by atoms with E-state index in [2.05, 4.69) is 5.32 Å². The molecule has 1 unspecified atom stereocenters. The molecule has 2 aromatic rings. The molecular formula is C20H22N2O4. The largest absolute Gasteiger partial charge is 0.464 e. The number of amides is 3. The lowest BCUT2D eigenvalue weighted by molar-refractivity contribution is -0.122. The van der Waals surface area contributed by atoms with Crippen molar-refractivity contribution in [2.75, 3.05) is 6.54 Å². The summed E-state index contributed by atoms with van der Waals surface area (Å²) in [6.07, 6.45) is 0.649. The van der Waals surface area contributed by atoms with E-state index in [0.717, 1.165) is 11.3 Å². The first-order chi connectivity index (χ1) is 12.4. The van der Waals surface area contributed by atoms with Crippen LogP contribution in [0.25, 0.3) is 0 Å². The summed E-state index contributed by atoms with van der Waals surface area (Å²) in [5, 5.41) is 2.86. The van der Waals surface area contributed by atoms with Gasteiger partial charge in [0.2, 0.25) is 5.91 Å². The summed E-state index contributed by atoms with van der Waals surface area (Å²) in [6.45, 7) is 5.81. The van der Waals surface area contributed by atoms with E-state index < -0.39 is 0 Å². The summed E-state index contributed by atoms with van der Waals surface area (Å²) >= 11 is 0. The van der Waals surface area contributed by atoms with Crippen LogP contribution in [0.15, 0.2) is 34.7 Å². The molecule has 1 aliphatic heterocycles. The Hall–Kier alpha value is -2.89. The number of imide groups is 1. The van der Waals surface area contributed by atoms with Crippen molar-refractivity contribution >= 4 is 17.7 Å². The van der Waals surface area contributed by atoms with Crippen LogP contribution in [0.1, 0.15) is 63.6 Å². The summed E-state index contributed by atoms with van der Waals surface area (Å²) in [4.78, 5) is 38.1. The number of nitrogens with one attached hydrogen (secondary N) is 1. The molecule has 1 N–H and O–H groups in total. The van der Waals surface area contributed by atoms with Crippen LogP contribution in [-0.2, 0) is 4.79 Å². The predicted octanol–water partition coefficient (Wildman–Crippen LogP) is 3.15. The van der Waals surface area contributed by atoms with Crippen molar-refractivity contribution in [2.45, 2.75) is 39.7 Å². The fourth-order valence-corrected chi connectivity index (χ4v) is 3.08. The summed E-state index contributed by atoms with van der Waals surface area (Å²) in [5.74, 6) is 0.783. The van der Waals surface area contributed by atoms with Gasteiger partial charge in [-0.25, -0.2) is 0 Å². The minimum absolute atomic E-state index is 0.140. The maximum Gasteiger partial charge on any atom is 0.261 e. The molecule has 0 radical (unpaired) electrons. The van der Waals surface area contributed by atoms with Gasteiger partial charge in [-0.2, -0.15) is 0 Å². The zero-order chi connectivity index (χ0) is 18.8. The molecule has 2 heterocycles. The molecule has 0 bridgehead atoms. The molecule has 0 fully saturated rings. The highest BCUT2D eigenvalue weighted by Crippen LogP contribution is 2.24. The molecule has 3 amide bonds. The van der Waals surface area contributed by atoms with Gasteiger partial charge in [-0.15, -0.1) is 0 Å². The minimum atomic E-state index is -0.287. The second kappa shape index (κ2) is 7.15. The van der Waals surface area contributed by atoms with E-state index in [0.29, 0.717) is 23.3 Å². The average Bonchev–Trinajstić information content (AvgIpc) is 3.12. The maximum absolute atomic E-state index is 12.4. The van der Waals surface area contributed by atoms with Gasteiger partial charge in [-0.1, -0.05) is 11.6 Å². The second-order valence-corrected chi connectivity index (χ2v) is 6.65. The molecule has 26 heavy (non-hydrogen) atoms. The second-order valence-electron chi connectivity index (χ2n) is 6.65. The fourth-order valence-electron chi connectivity index (χ4n) is 3.08. The van der Waals surface area contributed by atoms with Crippen LogP contribution in [0.2, 0.25) is 0 Å². The lowest BCUT2D eigenvalue weighted by Crippen LogP contribution is -2.32. The monoisotopic (exact) mass is 354 g/mol. The smallest absolute Gasteiger partial charge is 0.261 e. The Bertz CT molecular complexity index is 868. The molecule has 6 heteroatoms. The van der Waals surface area contributed by atoms with E-state index in [-0.39, 0.29) is 36.7 Å². The summed E-state index contributed by atoms with van der Waals surface area (Å²) in [6, 6.07) is 8.69. The molecular weight excluding hydrogens is 332 g/mol. The van der Waals surface area contributed by atoms with Gasteiger partial charge in [0.1, 0.15) is 11.5 Å². The normalized spacial score (nSPS) is 14.5.